The molecule has 0 radical (unpaired) electrons. The Balaban J connectivity index is 2.58. The maximum absolute atomic E-state index is 10.6. The SMILES string of the molecule is O=C1NC(=O)[C@H](CS)N1. The lowest BCUT2D eigenvalue weighted by Gasteiger charge is -1.97. The van der Waals surface area contributed by atoms with Gasteiger partial charge in [-0.2, -0.15) is 12.6 Å². The van der Waals surface area contributed by atoms with E-state index in [-0.39, 0.29) is 5.91 Å². The normalized spacial score (nSPS) is 25.7. The summed E-state index contributed by atoms with van der Waals surface area (Å²) < 4.78 is 0. The summed E-state index contributed by atoms with van der Waals surface area (Å²) in [5, 5.41) is 4.46. The number of carbonyl (C=O) groups excluding carboxylic acids is 2. The molecule has 1 aliphatic heterocycles. The lowest BCUT2D eigenvalue weighted by molar-refractivity contribution is -0.119. The van der Waals surface area contributed by atoms with Crippen molar-refractivity contribution in [2.24, 2.45) is 0 Å². The molecule has 1 rings (SSSR count). The number of rotatable bonds is 1. The highest BCUT2D eigenvalue weighted by Crippen LogP contribution is 1.93. The molecule has 2 N–H and O–H groups in total. The fourth-order valence-corrected chi connectivity index (χ4v) is 0.845. The molecule has 0 aromatic rings. The lowest BCUT2D eigenvalue weighted by Crippen LogP contribution is -2.30. The third-order valence-electron chi connectivity index (χ3n) is 1.04. The monoisotopic (exact) mass is 146 g/mol. The van der Waals surface area contributed by atoms with Crippen molar-refractivity contribution in [2.45, 2.75) is 6.04 Å². The van der Waals surface area contributed by atoms with E-state index in [0.29, 0.717) is 5.75 Å². The standard InChI is InChI=1S/C4H6N2O2S/c7-3-2(1-9)5-4(8)6-3/h2,9H,1H2,(H2,5,6,7,8)/t2-/m0/s1. The second-order valence-corrected chi connectivity index (χ2v) is 2.06. The minimum atomic E-state index is -0.444. The van der Waals surface area contributed by atoms with Gasteiger partial charge in [-0.25, -0.2) is 4.79 Å². The summed E-state index contributed by atoms with van der Waals surface area (Å²) in [6.07, 6.45) is 0. The molecule has 0 unspecified atom stereocenters. The maximum Gasteiger partial charge on any atom is 0.322 e. The summed E-state index contributed by atoms with van der Waals surface area (Å²) in [4.78, 5) is 20.9. The number of hydrogen-bond acceptors (Lipinski definition) is 3. The summed E-state index contributed by atoms with van der Waals surface area (Å²) >= 11 is 3.84. The summed E-state index contributed by atoms with van der Waals surface area (Å²) in [7, 11) is 0. The zero-order valence-corrected chi connectivity index (χ0v) is 5.44. The maximum atomic E-state index is 10.6. The van der Waals surface area contributed by atoms with Crippen LogP contribution in [0.5, 0.6) is 0 Å². The van der Waals surface area contributed by atoms with Gasteiger partial charge in [0.25, 0.3) is 5.91 Å². The fourth-order valence-electron chi connectivity index (χ4n) is 0.587. The van der Waals surface area contributed by atoms with Gasteiger partial charge >= 0.3 is 6.03 Å². The van der Waals surface area contributed by atoms with Crippen molar-refractivity contribution in [3.05, 3.63) is 0 Å². The van der Waals surface area contributed by atoms with Gasteiger partial charge in [-0.05, 0) is 0 Å². The number of hydrogen-bond donors (Lipinski definition) is 3. The van der Waals surface area contributed by atoms with E-state index >= 15 is 0 Å². The van der Waals surface area contributed by atoms with Crippen molar-refractivity contribution in [1.82, 2.24) is 10.6 Å². The van der Waals surface area contributed by atoms with E-state index in [1.54, 1.807) is 0 Å². The van der Waals surface area contributed by atoms with Gasteiger partial charge < -0.3 is 5.32 Å². The minimum Gasteiger partial charge on any atom is -0.325 e. The van der Waals surface area contributed by atoms with E-state index < -0.39 is 12.1 Å². The zero-order chi connectivity index (χ0) is 6.85. The van der Waals surface area contributed by atoms with Gasteiger partial charge in [0.15, 0.2) is 0 Å². The smallest absolute Gasteiger partial charge is 0.322 e. The zero-order valence-electron chi connectivity index (χ0n) is 4.55. The predicted octanol–water partition coefficient (Wildman–Crippen LogP) is -0.876. The molecule has 3 amide bonds. The summed E-state index contributed by atoms with van der Waals surface area (Å²) in [5.41, 5.74) is 0. The average Bonchev–Trinajstić information content (AvgIpc) is 2.10. The second kappa shape index (κ2) is 2.26. The molecule has 0 aliphatic carbocycles. The third-order valence-corrected chi connectivity index (χ3v) is 1.41. The summed E-state index contributed by atoms with van der Waals surface area (Å²) in [5.74, 6) is 0.0485. The predicted molar refractivity (Wildman–Crippen MR) is 34.3 cm³/mol. The van der Waals surface area contributed by atoms with Crippen molar-refractivity contribution in [1.29, 1.82) is 0 Å². The number of amides is 3. The Bertz CT molecular complexity index is 159. The van der Waals surface area contributed by atoms with E-state index in [0.717, 1.165) is 0 Å². The number of thiol groups is 1. The highest BCUT2D eigenvalue weighted by Gasteiger charge is 2.27. The summed E-state index contributed by atoms with van der Waals surface area (Å²) in [6.45, 7) is 0. The molecule has 1 heterocycles. The molecule has 1 saturated heterocycles. The first-order valence-electron chi connectivity index (χ1n) is 2.46. The van der Waals surface area contributed by atoms with Gasteiger partial charge in [0.05, 0.1) is 0 Å². The first kappa shape index (κ1) is 6.41. The van der Waals surface area contributed by atoms with Gasteiger partial charge in [0.1, 0.15) is 6.04 Å². The van der Waals surface area contributed by atoms with Gasteiger partial charge in [-0.3, -0.25) is 10.1 Å². The van der Waals surface area contributed by atoms with Crippen molar-refractivity contribution < 1.29 is 9.59 Å². The molecule has 1 atom stereocenters. The quantitative estimate of drug-likeness (QED) is 0.332. The van der Waals surface area contributed by atoms with Crippen LogP contribution in [0.2, 0.25) is 0 Å². The minimum absolute atomic E-state index is 0.296. The molecule has 9 heavy (non-hydrogen) atoms. The molecule has 50 valence electrons. The molecular formula is C4H6N2O2S. The molecule has 0 spiro atoms. The van der Waals surface area contributed by atoms with Crippen LogP contribution in [0, 0.1) is 0 Å². The molecule has 0 bridgehead atoms. The Kier molecular flexibility index (Phi) is 1.61. The number of urea groups is 1. The number of nitrogens with one attached hydrogen (secondary N) is 2. The first-order valence-corrected chi connectivity index (χ1v) is 3.09. The van der Waals surface area contributed by atoms with Crippen LogP contribution in [0.4, 0.5) is 4.79 Å². The van der Waals surface area contributed by atoms with Gasteiger partial charge in [-0.1, -0.05) is 0 Å². The molecular weight excluding hydrogens is 140 g/mol. The molecule has 0 aromatic carbocycles. The van der Waals surface area contributed by atoms with Crippen molar-refractivity contribution in [3.8, 4) is 0 Å². The van der Waals surface area contributed by atoms with Crippen molar-refractivity contribution in [2.75, 3.05) is 5.75 Å². The lowest BCUT2D eigenvalue weighted by atomic mass is 10.3. The highest BCUT2D eigenvalue weighted by molar-refractivity contribution is 7.80. The Hall–Kier alpha value is -0.710. The Labute approximate surface area is 57.4 Å². The Morgan fingerprint density at radius 2 is 2.22 bits per heavy atom. The van der Waals surface area contributed by atoms with Crippen LogP contribution in [-0.2, 0) is 4.79 Å². The molecule has 0 aromatic heterocycles. The largest absolute Gasteiger partial charge is 0.325 e. The van der Waals surface area contributed by atoms with Crippen LogP contribution in [0.3, 0.4) is 0 Å². The first-order chi connectivity index (χ1) is 4.24. The van der Waals surface area contributed by atoms with E-state index in [9.17, 15) is 9.59 Å². The van der Waals surface area contributed by atoms with Gasteiger partial charge in [0, 0.05) is 5.75 Å². The number of carbonyl (C=O) groups is 2. The fraction of sp³-hybridized carbons (Fsp3) is 0.500. The molecule has 1 fully saturated rings. The molecule has 0 saturated carbocycles. The average molecular weight is 146 g/mol. The van der Waals surface area contributed by atoms with E-state index in [1.807, 2.05) is 0 Å². The van der Waals surface area contributed by atoms with Crippen LogP contribution >= 0.6 is 12.6 Å². The highest BCUT2D eigenvalue weighted by atomic mass is 32.1. The Morgan fingerprint density at radius 3 is 2.44 bits per heavy atom. The van der Waals surface area contributed by atoms with E-state index in [2.05, 4.69) is 23.3 Å². The molecule has 1 aliphatic rings. The van der Waals surface area contributed by atoms with Crippen molar-refractivity contribution >= 4 is 24.6 Å². The summed E-state index contributed by atoms with van der Waals surface area (Å²) in [6, 6.07) is -0.875. The molecule has 5 heteroatoms. The van der Waals surface area contributed by atoms with Crippen LogP contribution in [-0.4, -0.2) is 23.7 Å². The van der Waals surface area contributed by atoms with Crippen LogP contribution in [0.1, 0.15) is 0 Å². The van der Waals surface area contributed by atoms with Crippen molar-refractivity contribution in [3.63, 3.8) is 0 Å². The van der Waals surface area contributed by atoms with Gasteiger partial charge in [0.2, 0.25) is 0 Å². The van der Waals surface area contributed by atoms with Crippen LogP contribution in [0.15, 0.2) is 0 Å². The van der Waals surface area contributed by atoms with E-state index in [4.69, 9.17) is 0 Å². The van der Waals surface area contributed by atoms with Gasteiger partial charge in [-0.15, -0.1) is 0 Å². The van der Waals surface area contributed by atoms with E-state index in [1.165, 1.54) is 0 Å². The van der Waals surface area contributed by atoms with Crippen LogP contribution < -0.4 is 10.6 Å². The topological polar surface area (TPSA) is 58.2 Å². The Morgan fingerprint density at radius 1 is 1.56 bits per heavy atom. The third kappa shape index (κ3) is 1.16. The number of imide groups is 1. The molecule has 4 nitrogen and oxygen atoms in total. The van der Waals surface area contributed by atoms with Crippen LogP contribution in [0.25, 0.3) is 0 Å². The second-order valence-electron chi connectivity index (χ2n) is 1.70.